The van der Waals surface area contributed by atoms with Crippen molar-refractivity contribution in [2.45, 2.75) is 13.0 Å². The van der Waals surface area contributed by atoms with Crippen molar-refractivity contribution in [3.63, 3.8) is 0 Å². The summed E-state index contributed by atoms with van der Waals surface area (Å²) in [5.41, 5.74) is 1.19. The third kappa shape index (κ3) is 4.80. The molecule has 142 valence electrons. The van der Waals surface area contributed by atoms with Crippen molar-refractivity contribution in [2.24, 2.45) is 0 Å². The van der Waals surface area contributed by atoms with Crippen molar-refractivity contribution in [2.75, 3.05) is 31.5 Å². The zero-order valence-electron chi connectivity index (χ0n) is 15.0. The Balaban J connectivity index is 1.56. The number of nitrogens with zero attached hydrogens (tertiary/aromatic N) is 2. The molecule has 3 rings (SSSR count). The minimum atomic E-state index is -0.339. The molecular formula is C20H21Cl2N3O2. The molecule has 0 unspecified atom stereocenters. The van der Waals surface area contributed by atoms with E-state index in [4.69, 9.17) is 23.2 Å². The maximum Gasteiger partial charge on any atom is 0.253 e. The Labute approximate surface area is 168 Å². The Kier molecular flexibility index (Phi) is 6.37. The third-order valence-electron chi connectivity index (χ3n) is 4.74. The number of amides is 2. The van der Waals surface area contributed by atoms with Gasteiger partial charge in [0.25, 0.3) is 5.91 Å². The molecule has 1 atom stereocenters. The molecule has 0 aromatic heterocycles. The Morgan fingerprint density at radius 3 is 2.33 bits per heavy atom. The lowest BCUT2D eigenvalue weighted by Crippen LogP contribution is -2.54. The van der Waals surface area contributed by atoms with Crippen LogP contribution in [0.25, 0.3) is 0 Å². The predicted octanol–water partition coefficient (Wildman–Crippen LogP) is 3.78. The maximum atomic E-state index is 12.6. The van der Waals surface area contributed by atoms with Crippen molar-refractivity contribution in [3.05, 3.63) is 64.1 Å². The van der Waals surface area contributed by atoms with Crippen LogP contribution in [0.2, 0.25) is 10.0 Å². The molecule has 27 heavy (non-hydrogen) atoms. The van der Waals surface area contributed by atoms with Crippen LogP contribution in [0, 0.1) is 0 Å². The molecule has 1 aliphatic heterocycles. The van der Waals surface area contributed by atoms with E-state index in [1.165, 1.54) is 0 Å². The first kappa shape index (κ1) is 19.7. The van der Waals surface area contributed by atoms with Gasteiger partial charge in [-0.05, 0) is 37.3 Å². The smallest absolute Gasteiger partial charge is 0.253 e. The Hall–Kier alpha value is -2.08. The van der Waals surface area contributed by atoms with E-state index >= 15 is 0 Å². The Morgan fingerprint density at radius 1 is 1.00 bits per heavy atom. The molecule has 7 heteroatoms. The van der Waals surface area contributed by atoms with Gasteiger partial charge in [0.1, 0.15) is 0 Å². The fraction of sp³-hybridized carbons (Fsp3) is 0.300. The zero-order chi connectivity index (χ0) is 19.4. The van der Waals surface area contributed by atoms with Crippen LogP contribution in [-0.2, 0) is 4.79 Å². The third-order valence-corrected chi connectivity index (χ3v) is 5.30. The van der Waals surface area contributed by atoms with Gasteiger partial charge in [-0.25, -0.2) is 0 Å². The molecule has 2 amide bonds. The summed E-state index contributed by atoms with van der Waals surface area (Å²) in [4.78, 5) is 29.0. The van der Waals surface area contributed by atoms with E-state index in [0.29, 0.717) is 47.5 Å². The molecule has 1 saturated heterocycles. The lowest BCUT2D eigenvalue weighted by Gasteiger charge is -2.37. The summed E-state index contributed by atoms with van der Waals surface area (Å²) < 4.78 is 0. The van der Waals surface area contributed by atoms with Crippen LogP contribution in [0.5, 0.6) is 0 Å². The number of hydrogen-bond acceptors (Lipinski definition) is 3. The molecule has 5 nitrogen and oxygen atoms in total. The molecule has 0 aliphatic carbocycles. The second-order valence-corrected chi connectivity index (χ2v) is 7.33. The quantitative estimate of drug-likeness (QED) is 0.841. The topological polar surface area (TPSA) is 52.7 Å². The molecule has 1 aliphatic rings. The summed E-state index contributed by atoms with van der Waals surface area (Å²) >= 11 is 12.1. The van der Waals surface area contributed by atoms with Gasteiger partial charge in [0.15, 0.2) is 0 Å². The summed E-state index contributed by atoms with van der Waals surface area (Å²) in [5, 5.41) is 3.78. The summed E-state index contributed by atoms with van der Waals surface area (Å²) in [6.45, 7) is 4.29. The molecule has 0 radical (unpaired) electrons. The first-order chi connectivity index (χ1) is 13.0. The van der Waals surface area contributed by atoms with Crippen molar-refractivity contribution >= 4 is 40.7 Å². The number of benzene rings is 2. The second-order valence-electron chi connectivity index (χ2n) is 6.48. The number of carbonyl (C=O) groups is 2. The monoisotopic (exact) mass is 405 g/mol. The number of halogens is 2. The van der Waals surface area contributed by atoms with E-state index in [2.05, 4.69) is 10.2 Å². The molecule has 0 spiro atoms. The Morgan fingerprint density at radius 2 is 1.67 bits per heavy atom. The van der Waals surface area contributed by atoms with Crippen molar-refractivity contribution in [3.8, 4) is 0 Å². The van der Waals surface area contributed by atoms with Gasteiger partial charge < -0.3 is 10.2 Å². The molecule has 0 saturated carbocycles. The van der Waals surface area contributed by atoms with E-state index in [9.17, 15) is 9.59 Å². The number of hydrogen-bond donors (Lipinski definition) is 1. The van der Waals surface area contributed by atoms with Crippen LogP contribution in [0.15, 0.2) is 48.5 Å². The summed E-state index contributed by atoms with van der Waals surface area (Å²) in [7, 11) is 0. The highest BCUT2D eigenvalue weighted by Gasteiger charge is 2.28. The number of anilines is 1. The molecule has 1 heterocycles. The highest BCUT2D eigenvalue weighted by atomic mass is 35.5. The SMILES string of the molecule is C[C@@H](C(=O)Nc1cc(Cl)ccc1Cl)N1CCN(C(=O)c2ccccc2)CC1. The van der Waals surface area contributed by atoms with E-state index in [0.717, 1.165) is 0 Å². The van der Waals surface area contributed by atoms with E-state index in [-0.39, 0.29) is 17.9 Å². The second kappa shape index (κ2) is 8.74. The van der Waals surface area contributed by atoms with E-state index < -0.39 is 0 Å². The first-order valence-corrected chi connectivity index (χ1v) is 9.55. The standard InChI is InChI=1S/C20H21Cl2N3O2/c1-14(19(26)23-18-13-16(21)7-8-17(18)22)24-9-11-25(12-10-24)20(27)15-5-3-2-4-6-15/h2-8,13-14H,9-12H2,1H3,(H,23,26)/t14-/m0/s1. The first-order valence-electron chi connectivity index (χ1n) is 8.80. The minimum Gasteiger partial charge on any atom is -0.336 e. The normalized spacial score (nSPS) is 16.0. The number of rotatable bonds is 4. The highest BCUT2D eigenvalue weighted by Crippen LogP contribution is 2.25. The van der Waals surface area contributed by atoms with Crippen LogP contribution in [0.4, 0.5) is 5.69 Å². The molecular weight excluding hydrogens is 385 g/mol. The van der Waals surface area contributed by atoms with E-state index in [1.807, 2.05) is 42.2 Å². The van der Waals surface area contributed by atoms with Crippen molar-refractivity contribution in [1.82, 2.24) is 9.80 Å². The van der Waals surface area contributed by atoms with Crippen LogP contribution in [0.1, 0.15) is 17.3 Å². The van der Waals surface area contributed by atoms with Crippen molar-refractivity contribution in [1.29, 1.82) is 0 Å². The van der Waals surface area contributed by atoms with Gasteiger partial charge in [-0.1, -0.05) is 41.4 Å². The van der Waals surface area contributed by atoms with Crippen LogP contribution in [-0.4, -0.2) is 53.8 Å². The van der Waals surface area contributed by atoms with Gasteiger partial charge >= 0.3 is 0 Å². The van der Waals surface area contributed by atoms with Gasteiger partial charge in [0.2, 0.25) is 5.91 Å². The fourth-order valence-corrected chi connectivity index (χ4v) is 3.41. The van der Waals surface area contributed by atoms with Crippen LogP contribution in [0.3, 0.4) is 0 Å². The number of carbonyl (C=O) groups excluding carboxylic acids is 2. The largest absolute Gasteiger partial charge is 0.336 e. The number of piperazine rings is 1. The van der Waals surface area contributed by atoms with Crippen LogP contribution >= 0.6 is 23.2 Å². The fourth-order valence-electron chi connectivity index (χ4n) is 3.07. The van der Waals surface area contributed by atoms with Gasteiger partial charge in [-0.15, -0.1) is 0 Å². The van der Waals surface area contributed by atoms with Gasteiger partial charge in [0, 0.05) is 36.8 Å². The summed E-state index contributed by atoms with van der Waals surface area (Å²) in [5.74, 6) is -0.125. The predicted molar refractivity (Wildman–Crippen MR) is 108 cm³/mol. The Bertz CT molecular complexity index is 821. The van der Waals surface area contributed by atoms with Gasteiger partial charge in [-0.2, -0.15) is 0 Å². The summed E-state index contributed by atoms with van der Waals surface area (Å²) in [6.07, 6.45) is 0. The van der Waals surface area contributed by atoms with Crippen molar-refractivity contribution < 1.29 is 9.59 Å². The minimum absolute atomic E-state index is 0.0260. The number of nitrogens with one attached hydrogen (secondary N) is 1. The van der Waals surface area contributed by atoms with Gasteiger partial charge in [-0.3, -0.25) is 14.5 Å². The average Bonchev–Trinajstić information content (AvgIpc) is 2.70. The maximum absolute atomic E-state index is 12.6. The lowest BCUT2D eigenvalue weighted by molar-refractivity contribution is -0.121. The lowest BCUT2D eigenvalue weighted by atomic mass is 10.1. The molecule has 1 N–H and O–H groups in total. The van der Waals surface area contributed by atoms with Crippen LogP contribution < -0.4 is 5.32 Å². The molecule has 2 aromatic carbocycles. The molecule has 1 fully saturated rings. The molecule has 2 aromatic rings. The van der Waals surface area contributed by atoms with E-state index in [1.54, 1.807) is 18.2 Å². The zero-order valence-corrected chi connectivity index (χ0v) is 16.5. The van der Waals surface area contributed by atoms with Gasteiger partial charge in [0.05, 0.1) is 16.8 Å². The average molecular weight is 406 g/mol. The molecule has 0 bridgehead atoms. The highest BCUT2D eigenvalue weighted by molar-refractivity contribution is 6.35. The summed E-state index contributed by atoms with van der Waals surface area (Å²) in [6, 6.07) is 13.9.